The summed E-state index contributed by atoms with van der Waals surface area (Å²) in [7, 11) is 0. The first-order chi connectivity index (χ1) is 25.3. The minimum atomic E-state index is 0.676. The van der Waals surface area contributed by atoms with Crippen LogP contribution < -0.4 is 0 Å². The first-order valence-corrected chi connectivity index (χ1v) is 18.4. The predicted octanol–water partition coefficient (Wildman–Crippen LogP) is 11.9. The smallest absolute Gasteiger partial charge is 0.174 e. The fourth-order valence-corrected chi connectivity index (χ4v) is 8.59. The van der Waals surface area contributed by atoms with Gasteiger partial charge in [-0.05, 0) is 65.3 Å². The number of thiophene rings is 1. The van der Waals surface area contributed by atoms with Crippen molar-refractivity contribution in [2.24, 2.45) is 0 Å². The van der Waals surface area contributed by atoms with Gasteiger partial charge in [0.25, 0.3) is 0 Å². The zero-order valence-corrected chi connectivity index (χ0v) is 28.7. The lowest BCUT2D eigenvalue weighted by atomic mass is 9.91. The van der Waals surface area contributed by atoms with Gasteiger partial charge in [-0.25, -0.2) is 19.9 Å². The maximum atomic E-state index is 5.39. The Labute approximate surface area is 300 Å². The van der Waals surface area contributed by atoms with Crippen molar-refractivity contribution in [3.8, 4) is 10.7 Å². The monoisotopic (exact) mass is 672 g/mol. The molecule has 3 aliphatic carbocycles. The van der Waals surface area contributed by atoms with Crippen LogP contribution in [0.3, 0.4) is 0 Å². The molecule has 0 N–H and O–H groups in total. The molecule has 7 aromatic rings. The standard InChI is InChI=1S/C46H32N4S/c1-2-4-15-32(14-3-1)44-48-45(50-46(49-44)40-28-34-16-7-10-21-39(34)51-40)33-18-11-17-31(22-23-33)41-37-26-24-29-12-5-8-19-35(29)42(37)47-43-36-20-9-6-13-30(36)25-27-38(41)43/h1,3-6,8-15,18-28H,2,7,16-17H2. The Morgan fingerprint density at radius 1 is 0.549 bits per heavy atom. The molecule has 0 atom stereocenters. The molecule has 0 amide bonds. The van der Waals surface area contributed by atoms with Gasteiger partial charge >= 0.3 is 0 Å². The Morgan fingerprint density at radius 3 is 1.98 bits per heavy atom. The van der Waals surface area contributed by atoms with Gasteiger partial charge in [0.15, 0.2) is 17.5 Å². The van der Waals surface area contributed by atoms with E-state index in [1.807, 2.05) is 0 Å². The van der Waals surface area contributed by atoms with Gasteiger partial charge in [-0.2, -0.15) is 0 Å². The molecule has 0 fully saturated rings. The summed E-state index contributed by atoms with van der Waals surface area (Å²) in [5.74, 6) is 2.08. The Hall–Kier alpha value is -6.04. The normalized spacial score (nSPS) is 15.6. The summed E-state index contributed by atoms with van der Waals surface area (Å²) in [5.41, 5.74) is 7.84. The molecule has 0 spiro atoms. The molecule has 3 heterocycles. The Bertz CT molecular complexity index is 2710. The molecule has 4 nitrogen and oxygen atoms in total. The minimum Gasteiger partial charge on any atom is -0.246 e. The summed E-state index contributed by atoms with van der Waals surface area (Å²) in [4.78, 5) is 23.0. The lowest BCUT2D eigenvalue weighted by Crippen LogP contribution is -2.03. The summed E-state index contributed by atoms with van der Waals surface area (Å²) in [6.45, 7) is 0. The number of aromatic nitrogens is 4. The minimum absolute atomic E-state index is 0.676. The van der Waals surface area contributed by atoms with Crippen LogP contribution in [0.15, 0.2) is 140 Å². The molecular formula is C46H32N4S. The zero-order chi connectivity index (χ0) is 33.7. The molecule has 3 aromatic heterocycles. The quantitative estimate of drug-likeness (QED) is 0.138. The second-order valence-electron chi connectivity index (χ2n) is 13.2. The molecule has 0 saturated carbocycles. The van der Waals surface area contributed by atoms with E-state index in [0.29, 0.717) is 11.6 Å². The number of benzene rings is 4. The molecule has 10 rings (SSSR count). The van der Waals surface area contributed by atoms with E-state index in [2.05, 4.69) is 146 Å². The molecule has 242 valence electrons. The average molecular weight is 673 g/mol. The second-order valence-corrected chi connectivity index (χ2v) is 14.3. The van der Waals surface area contributed by atoms with Crippen LogP contribution in [0.25, 0.3) is 76.8 Å². The van der Waals surface area contributed by atoms with Crippen molar-refractivity contribution in [3.05, 3.63) is 167 Å². The van der Waals surface area contributed by atoms with Gasteiger partial charge in [0.05, 0.1) is 15.9 Å². The molecule has 3 aliphatic rings. The van der Waals surface area contributed by atoms with Crippen LogP contribution in [-0.4, -0.2) is 19.9 Å². The van der Waals surface area contributed by atoms with Gasteiger partial charge in [0.2, 0.25) is 0 Å². The van der Waals surface area contributed by atoms with Crippen LogP contribution in [0.1, 0.15) is 46.9 Å². The maximum Gasteiger partial charge on any atom is 0.174 e. The van der Waals surface area contributed by atoms with Gasteiger partial charge < -0.3 is 0 Å². The average Bonchev–Trinajstić information content (AvgIpc) is 3.31. The molecule has 5 heteroatoms. The zero-order valence-electron chi connectivity index (χ0n) is 27.9. The van der Waals surface area contributed by atoms with Crippen LogP contribution in [0, 0.1) is 0 Å². The van der Waals surface area contributed by atoms with E-state index in [0.717, 1.165) is 69.3 Å². The maximum absolute atomic E-state index is 5.39. The van der Waals surface area contributed by atoms with E-state index in [1.54, 1.807) is 11.3 Å². The number of nitrogens with zero attached hydrogens (tertiary/aromatic N) is 4. The molecule has 0 bridgehead atoms. The highest BCUT2D eigenvalue weighted by atomic mass is 32.1. The number of pyridine rings is 1. The summed E-state index contributed by atoms with van der Waals surface area (Å²) in [6.07, 6.45) is 27.7. The van der Waals surface area contributed by atoms with Gasteiger partial charge in [-0.15, -0.1) is 11.3 Å². The van der Waals surface area contributed by atoms with Crippen molar-refractivity contribution in [1.82, 2.24) is 19.9 Å². The third kappa shape index (κ3) is 5.29. The molecule has 0 radical (unpaired) electrons. The van der Waals surface area contributed by atoms with Crippen LogP contribution in [0.5, 0.6) is 0 Å². The number of fused-ring (bicyclic) bond motifs is 7. The predicted molar refractivity (Wildman–Crippen MR) is 215 cm³/mol. The molecule has 0 aliphatic heterocycles. The van der Waals surface area contributed by atoms with Crippen LogP contribution in [0.4, 0.5) is 0 Å². The Balaban J connectivity index is 1.16. The highest BCUT2D eigenvalue weighted by Crippen LogP contribution is 2.40. The number of rotatable bonds is 4. The van der Waals surface area contributed by atoms with E-state index in [9.17, 15) is 0 Å². The summed E-state index contributed by atoms with van der Waals surface area (Å²) in [6, 6.07) is 28.3. The van der Waals surface area contributed by atoms with E-state index in [4.69, 9.17) is 19.9 Å². The molecule has 0 unspecified atom stereocenters. The van der Waals surface area contributed by atoms with Crippen molar-refractivity contribution in [2.45, 2.75) is 25.7 Å². The van der Waals surface area contributed by atoms with Crippen molar-refractivity contribution in [2.75, 3.05) is 0 Å². The molecular weight excluding hydrogens is 641 g/mol. The topological polar surface area (TPSA) is 51.6 Å². The first kappa shape index (κ1) is 29.8. The highest BCUT2D eigenvalue weighted by Gasteiger charge is 2.20. The third-order valence-electron chi connectivity index (χ3n) is 10.0. The summed E-state index contributed by atoms with van der Waals surface area (Å²) < 4.78 is 0. The SMILES string of the molecule is C1=CCC=CC(c2nc(C3=CC=C(c4c5ccc6ccccc6c5nc5c4ccc4ccccc45)CC=C3)nc(-c3cc4c(s3)C=CCC4)n2)=C1. The van der Waals surface area contributed by atoms with E-state index in [1.165, 1.54) is 43.1 Å². The van der Waals surface area contributed by atoms with Crippen molar-refractivity contribution in [3.63, 3.8) is 0 Å². The molecule has 51 heavy (non-hydrogen) atoms. The van der Waals surface area contributed by atoms with Crippen LogP contribution in [-0.2, 0) is 6.42 Å². The van der Waals surface area contributed by atoms with Gasteiger partial charge in [-0.3, -0.25) is 0 Å². The lowest BCUT2D eigenvalue weighted by molar-refractivity contribution is 0.991. The number of aryl methyl sites for hydroxylation is 1. The van der Waals surface area contributed by atoms with Crippen LogP contribution in [0.2, 0.25) is 0 Å². The summed E-state index contributed by atoms with van der Waals surface area (Å²) in [5, 5.41) is 7.04. The second kappa shape index (κ2) is 12.4. The van der Waals surface area contributed by atoms with Crippen LogP contribution >= 0.6 is 11.3 Å². The number of allylic oxidation sites excluding steroid dienone is 13. The largest absolute Gasteiger partial charge is 0.246 e. The van der Waals surface area contributed by atoms with E-state index in [-0.39, 0.29) is 0 Å². The fraction of sp³-hybridized carbons (Fsp3) is 0.0870. The number of hydrogen-bond donors (Lipinski definition) is 0. The van der Waals surface area contributed by atoms with Gasteiger partial charge in [0, 0.05) is 37.6 Å². The van der Waals surface area contributed by atoms with E-state index < -0.39 is 0 Å². The first-order valence-electron chi connectivity index (χ1n) is 17.6. The van der Waals surface area contributed by atoms with Gasteiger partial charge in [-0.1, -0.05) is 134 Å². The van der Waals surface area contributed by atoms with Gasteiger partial charge in [0.1, 0.15) is 0 Å². The fourth-order valence-electron chi connectivity index (χ4n) is 7.51. The lowest BCUT2D eigenvalue weighted by Gasteiger charge is -2.16. The summed E-state index contributed by atoms with van der Waals surface area (Å²) >= 11 is 1.76. The van der Waals surface area contributed by atoms with E-state index >= 15 is 0 Å². The third-order valence-corrected chi connectivity index (χ3v) is 11.2. The van der Waals surface area contributed by atoms with Crippen molar-refractivity contribution < 1.29 is 0 Å². The number of hydrogen-bond acceptors (Lipinski definition) is 5. The highest BCUT2D eigenvalue weighted by molar-refractivity contribution is 7.16. The van der Waals surface area contributed by atoms with Crippen molar-refractivity contribution in [1.29, 1.82) is 0 Å². The Kier molecular flexibility index (Phi) is 7.24. The van der Waals surface area contributed by atoms with Crippen molar-refractivity contribution >= 4 is 77.5 Å². The molecule has 4 aromatic carbocycles. The Morgan fingerprint density at radius 2 is 1.24 bits per heavy atom. The molecule has 0 saturated heterocycles.